The van der Waals surface area contributed by atoms with Gasteiger partial charge >= 0.3 is 0 Å². The van der Waals surface area contributed by atoms with Gasteiger partial charge in [-0.2, -0.15) is 0 Å². The van der Waals surface area contributed by atoms with Crippen molar-refractivity contribution in [1.29, 1.82) is 0 Å². The van der Waals surface area contributed by atoms with Gasteiger partial charge in [-0.05, 0) is 18.6 Å². The van der Waals surface area contributed by atoms with Gasteiger partial charge < -0.3 is 0 Å². The molecular formula is C14H17N3O2. The molecule has 2 rings (SSSR count). The van der Waals surface area contributed by atoms with Crippen LogP contribution in [-0.2, 0) is 9.59 Å². The number of hydrogen-bond acceptors (Lipinski definition) is 3. The number of carbonyl (C=O) groups excluding carboxylic acids is 2. The molecule has 0 aromatic heterocycles. The smallest absolute Gasteiger partial charge is 0.263 e. The van der Waals surface area contributed by atoms with E-state index in [4.69, 9.17) is 0 Å². The predicted octanol–water partition coefficient (Wildman–Crippen LogP) is 1.55. The van der Waals surface area contributed by atoms with Gasteiger partial charge in [0, 0.05) is 13.5 Å². The van der Waals surface area contributed by atoms with E-state index in [1.807, 2.05) is 37.3 Å². The van der Waals surface area contributed by atoms with E-state index in [0.29, 0.717) is 17.9 Å². The molecule has 1 aromatic rings. The topological polar surface area (TPSA) is 61.8 Å². The molecule has 1 heterocycles. The number of hydrazine groups is 1. The van der Waals surface area contributed by atoms with Gasteiger partial charge in [0.2, 0.25) is 0 Å². The summed E-state index contributed by atoms with van der Waals surface area (Å²) in [6.07, 6.45) is 1.12. The Hall–Kier alpha value is -2.17. The van der Waals surface area contributed by atoms with E-state index in [2.05, 4.69) is 10.4 Å². The van der Waals surface area contributed by atoms with Gasteiger partial charge in [0.25, 0.3) is 5.91 Å². The highest BCUT2D eigenvalue weighted by Gasteiger charge is 2.42. The number of rotatable bonds is 4. The lowest BCUT2D eigenvalue weighted by molar-refractivity contribution is -0.128. The molecule has 1 saturated heterocycles. The highest BCUT2D eigenvalue weighted by Crippen LogP contribution is 2.22. The van der Waals surface area contributed by atoms with Crippen molar-refractivity contribution >= 4 is 23.2 Å². The van der Waals surface area contributed by atoms with Gasteiger partial charge in [-0.1, -0.05) is 25.1 Å². The second-order valence-corrected chi connectivity index (χ2v) is 4.38. The van der Waals surface area contributed by atoms with E-state index in [0.717, 1.165) is 6.42 Å². The van der Waals surface area contributed by atoms with Crippen LogP contribution in [-0.4, -0.2) is 24.6 Å². The molecule has 0 aliphatic carbocycles. The molecule has 0 spiro atoms. The molecule has 0 bridgehead atoms. The zero-order valence-corrected chi connectivity index (χ0v) is 11.1. The number of benzene rings is 1. The number of anilines is 1. The molecular weight excluding hydrogens is 242 g/mol. The largest absolute Gasteiger partial charge is 0.298 e. The second kappa shape index (κ2) is 5.65. The van der Waals surface area contributed by atoms with Crippen molar-refractivity contribution in [2.24, 2.45) is 10.9 Å². The lowest BCUT2D eigenvalue weighted by atomic mass is 9.99. The van der Waals surface area contributed by atoms with Crippen LogP contribution in [0.4, 0.5) is 5.69 Å². The Morgan fingerprint density at radius 1 is 1.37 bits per heavy atom. The Morgan fingerprint density at radius 2 is 2.05 bits per heavy atom. The van der Waals surface area contributed by atoms with Gasteiger partial charge in [-0.15, -0.1) is 0 Å². The first-order chi connectivity index (χ1) is 9.19. The molecule has 5 nitrogen and oxygen atoms in total. The Labute approximate surface area is 112 Å². The van der Waals surface area contributed by atoms with Gasteiger partial charge in [-0.25, -0.2) is 5.01 Å². The summed E-state index contributed by atoms with van der Waals surface area (Å²) in [7, 11) is 1.58. The van der Waals surface area contributed by atoms with Crippen LogP contribution < -0.4 is 10.4 Å². The predicted molar refractivity (Wildman–Crippen MR) is 73.8 cm³/mol. The highest BCUT2D eigenvalue weighted by atomic mass is 16.2. The molecule has 1 amide bonds. The van der Waals surface area contributed by atoms with Crippen molar-refractivity contribution in [3.63, 3.8) is 0 Å². The maximum atomic E-state index is 12.4. The fourth-order valence-electron chi connectivity index (χ4n) is 2.11. The standard InChI is InChI=1S/C14H17N3O2/c1-3-7-11(18)12-13(15-2)16-17(14(12)19)10-8-5-4-6-9-10/h4-6,8-9,12H,3,7H2,1-2H3,(H,15,16). The number of Topliss-reactive ketones (excluding diaryl/α,β-unsaturated/α-hetero) is 1. The molecule has 1 fully saturated rings. The summed E-state index contributed by atoms with van der Waals surface area (Å²) in [6, 6.07) is 9.18. The molecule has 1 unspecified atom stereocenters. The van der Waals surface area contributed by atoms with Gasteiger partial charge in [-0.3, -0.25) is 20.0 Å². The fourth-order valence-corrected chi connectivity index (χ4v) is 2.11. The van der Waals surface area contributed by atoms with Crippen LogP contribution in [0.25, 0.3) is 0 Å². The third-order valence-electron chi connectivity index (χ3n) is 3.04. The maximum absolute atomic E-state index is 12.4. The SMILES string of the molecule is CCCC(=O)C1C(=O)N(c2ccccc2)NC1=NC. The Kier molecular flexibility index (Phi) is 3.94. The van der Waals surface area contributed by atoms with Crippen molar-refractivity contribution in [2.45, 2.75) is 19.8 Å². The van der Waals surface area contributed by atoms with Crippen LogP contribution in [0.1, 0.15) is 19.8 Å². The molecule has 1 aliphatic heterocycles. The lowest BCUT2D eigenvalue weighted by Gasteiger charge is -2.15. The molecule has 19 heavy (non-hydrogen) atoms. The van der Waals surface area contributed by atoms with E-state index < -0.39 is 5.92 Å². The highest BCUT2D eigenvalue weighted by molar-refractivity contribution is 6.28. The number of carbonyl (C=O) groups is 2. The van der Waals surface area contributed by atoms with E-state index in [1.165, 1.54) is 5.01 Å². The summed E-state index contributed by atoms with van der Waals surface area (Å²) < 4.78 is 0. The van der Waals surface area contributed by atoms with Crippen molar-refractivity contribution in [3.05, 3.63) is 30.3 Å². The summed E-state index contributed by atoms with van der Waals surface area (Å²) in [4.78, 5) is 28.4. The first-order valence-corrected chi connectivity index (χ1v) is 6.34. The average Bonchev–Trinajstić information content (AvgIpc) is 2.77. The van der Waals surface area contributed by atoms with Crippen molar-refractivity contribution in [2.75, 3.05) is 12.1 Å². The number of amides is 1. The van der Waals surface area contributed by atoms with Crippen molar-refractivity contribution < 1.29 is 9.59 Å². The van der Waals surface area contributed by atoms with Gasteiger partial charge in [0.05, 0.1) is 5.69 Å². The average molecular weight is 259 g/mol. The van der Waals surface area contributed by atoms with Crippen LogP contribution in [0, 0.1) is 5.92 Å². The lowest BCUT2D eigenvalue weighted by Crippen LogP contribution is -2.35. The van der Waals surface area contributed by atoms with Crippen LogP contribution >= 0.6 is 0 Å². The normalized spacial score (nSPS) is 20.7. The molecule has 1 atom stereocenters. The molecule has 100 valence electrons. The summed E-state index contributed by atoms with van der Waals surface area (Å²) in [5.74, 6) is -0.707. The van der Waals surface area contributed by atoms with E-state index in [9.17, 15) is 9.59 Å². The number of nitrogens with one attached hydrogen (secondary N) is 1. The molecule has 0 radical (unpaired) electrons. The first kappa shape index (κ1) is 13.3. The maximum Gasteiger partial charge on any atom is 0.263 e. The van der Waals surface area contributed by atoms with E-state index >= 15 is 0 Å². The summed E-state index contributed by atoms with van der Waals surface area (Å²) in [6.45, 7) is 1.92. The van der Waals surface area contributed by atoms with Crippen LogP contribution in [0.5, 0.6) is 0 Å². The van der Waals surface area contributed by atoms with Gasteiger partial charge in [0.1, 0.15) is 5.84 Å². The molecule has 1 N–H and O–H groups in total. The fraction of sp³-hybridized carbons (Fsp3) is 0.357. The van der Waals surface area contributed by atoms with Crippen LogP contribution in [0.3, 0.4) is 0 Å². The Bertz CT molecular complexity index is 511. The van der Waals surface area contributed by atoms with E-state index in [1.54, 1.807) is 7.05 Å². The molecule has 1 aromatic carbocycles. The minimum absolute atomic E-state index is 0.0842. The summed E-state index contributed by atoms with van der Waals surface area (Å²) in [5, 5.41) is 1.39. The quantitative estimate of drug-likeness (QED) is 0.834. The molecule has 5 heteroatoms. The zero-order valence-electron chi connectivity index (χ0n) is 11.1. The number of nitrogens with zero attached hydrogens (tertiary/aromatic N) is 2. The van der Waals surface area contributed by atoms with Crippen molar-refractivity contribution in [3.8, 4) is 0 Å². The number of amidine groups is 1. The summed E-state index contributed by atoms with van der Waals surface area (Å²) in [5.41, 5.74) is 3.62. The first-order valence-electron chi connectivity index (χ1n) is 6.34. The molecule has 0 saturated carbocycles. The number of aliphatic imine (C=N–C) groups is 1. The van der Waals surface area contributed by atoms with E-state index in [-0.39, 0.29) is 11.7 Å². The Balaban J connectivity index is 2.28. The van der Waals surface area contributed by atoms with Crippen LogP contribution in [0.15, 0.2) is 35.3 Å². The summed E-state index contributed by atoms with van der Waals surface area (Å²) >= 11 is 0. The number of ketones is 1. The van der Waals surface area contributed by atoms with Crippen molar-refractivity contribution in [1.82, 2.24) is 5.43 Å². The zero-order chi connectivity index (χ0) is 13.8. The van der Waals surface area contributed by atoms with Gasteiger partial charge in [0.15, 0.2) is 11.7 Å². The van der Waals surface area contributed by atoms with Crippen LogP contribution in [0.2, 0.25) is 0 Å². The second-order valence-electron chi connectivity index (χ2n) is 4.38. The Morgan fingerprint density at radius 3 is 2.63 bits per heavy atom. The number of para-hydroxylation sites is 1. The third-order valence-corrected chi connectivity index (χ3v) is 3.04. The minimum Gasteiger partial charge on any atom is -0.298 e. The molecule has 1 aliphatic rings. The minimum atomic E-state index is -0.787. The third kappa shape index (κ3) is 2.50. The number of hydrogen-bond donors (Lipinski definition) is 1. The monoisotopic (exact) mass is 259 g/mol.